The third-order valence-corrected chi connectivity index (χ3v) is 7.06. The number of hydrogen-bond acceptors (Lipinski definition) is 4. The van der Waals surface area contributed by atoms with Crippen molar-refractivity contribution in [1.82, 2.24) is 10.2 Å². The lowest BCUT2D eigenvalue weighted by atomic mass is 10.1. The molecule has 7 nitrogen and oxygen atoms in total. The number of halogens is 5. The average molecular weight is 613 g/mol. The molecule has 0 bridgehead atoms. The number of carbonyl (C=O) groups excluding carboxylic acids is 2. The molecule has 0 radical (unpaired) electrons. The van der Waals surface area contributed by atoms with Crippen molar-refractivity contribution in [3.05, 3.63) is 63.1 Å². The molecule has 2 aromatic rings. The zero-order valence-electron chi connectivity index (χ0n) is 19.9. The molecule has 0 aliphatic rings. The van der Waals surface area contributed by atoms with Gasteiger partial charge in [0.05, 0.1) is 22.5 Å². The number of hydrogen-bond donors (Lipinski definition) is 1. The Morgan fingerprint density at radius 3 is 2.17 bits per heavy atom. The van der Waals surface area contributed by atoms with Gasteiger partial charge in [0.15, 0.2) is 0 Å². The molecule has 0 aromatic heterocycles. The van der Waals surface area contributed by atoms with Crippen LogP contribution in [0.3, 0.4) is 0 Å². The number of amides is 2. The second kappa shape index (κ2) is 11.8. The van der Waals surface area contributed by atoms with Gasteiger partial charge in [0.1, 0.15) is 12.6 Å². The lowest BCUT2D eigenvalue weighted by Gasteiger charge is -2.32. The van der Waals surface area contributed by atoms with Gasteiger partial charge in [-0.05, 0) is 56.7 Å². The van der Waals surface area contributed by atoms with Crippen LogP contribution >= 0.6 is 27.5 Å². The second-order valence-electron chi connectivity index (χ2n) is 8.42. The second-order valence-corrected chi connectivity index (χ2v) is 11.7. The Labute approximate surface area is 221 Å². The molecule has 0 unspecified atom stereocenters. The van der Waals surface area contributed by atoms with Gasteiger partial charge in [-0.25, -0.2) is 8.42 Å². The fourth-order valence-electron chi connectivity index (χ4n) is 3.25. The van der Waals surface area contributed by atoms with Crippen LogP contribution in [0.5, 0.6) is 0 Å². The van der Waals surface area contributed by atoms with E-state index in [1.807, 2.05) is 0 Å². The minimum Gasteiger partial charge on any atom is -0.352 e. The standard InChI is InChI=1S/C23H26BrClF3N3O4S/c1-14(2)29-22(33)15(3)30(12-16-5-8-18(24)9-6-16)21(32)13-31(36(4,34)35)20-11-17(23(26,27)28)7-10-19(20)25/h5-11,14-15H,12-13H2,1-4H3,(H,29,33)/t15-/m0/s1. The maximum Gasteiger partial charge on any atom is 0.416 e. The normalized spacial score (nSPS) is 12.8. The number of alkyl halides is 3. The molecule has 2 aromatic carbocycles. The van der Waals surface area contributed by atoms with Gasteiger partial charge >= 0.3 is 6.18 Å². The van der Waals surface area contributed by atoms with Crippen LogP contribution in [-0.2, 0) is 32.3 Å². The predicted octanol–water partition coefficient (Wildman–Crippen LogP) is 4.83. The predicted molar refractivity (Wildman–Crippen MR) is 136 cm³/mol. The molecule has 0 spiro atoms. The van der Waals surface area contributed by atoms with Crippen LogP contribution in [0.1, 0.15) is 31.9 Å². The largest absolute Gasteiger partial charge is 0.416 e. The minimum atomic E-state index is -4.76. The highest BCUT2D eigenvalue weighted by molar-refractivity contribution is 9.10. The molecule has 0 aliphatic heterocycles. The van der Waals surface area contributed by atoms with Crippen molar-refractivity contribution < 1.29 is 31.2 Å². The van der Waals surface area contributed by atoms with Gasteiger partial charge in [0, 0.05) is 17.1 Å². The van der Waals surface area contributed by atoms with Crippen molar-refractivity contribution in [1.29, 1.82) is 0 Å². The van der Waals surface area contributed by atoms with Gasteiger partial charge in [0.2, 0.25) is 21.8 Å². The summed E-state index contributed by atoms with van der Waals surface area (Å²) in [5, 5.41) is 2.42. The van der Waals surface area contributed by atoms with E-state index in [2.05, 4.69) is 21.2 Å². The van der Waals surface area contributed by atoms with Gasteiger partial charge in [-0.15, -0.1) is 0 Å². The first-order valence-electron chi connectivity index (χ1n) is 10.7. The first kappa shape index (κ1) is 29.9. The van der Waals surface area contributed by atoms with Crippen LogP contribution in [0.2, 0.25) is 5.02 Å². The monoisotopic (exact) mass is 611 g/mol. The van der Waals surface area contributed by atoms with E-state index in [0.717, 1.165) is 16.8 Å². The molecule has 198 valence electrons. The minimum absolute atomic E-state index is 0.0489. The summed E-state index contributed by atoms with van der Waals surface area (Å²) in [6.07, 6.45) is -4.01. The summed E-state index contributed by atoms with van der Waals surface area (Å²) in [5.41, 5.74) is -0.969. The third-order valence-electron chi connectivity index (χ3n) is 5.09. The first-order chi connectivity index (χ1) is 16.5. The number of sulfonamides is 1. The van der Waals surface area contributed by atoms with Crippen LogP contribution in [-0.4, -0.2) is 50.0 Å². The van der Waals surface area contributed by atoms with Crippen molar-refractivity contribution in [2.24, 2.45) is 0 Å². The molecule has 1 N–H and O–H groups in total. The Kier molecular flexibility index (Phi) is 9.83. The maximum absolute atomic E-state index is 13.4. The quantitative estimate of drug-likeness (QED) is 0.440. The van der Waals surface area contributed by atoms with Gasteiger partial charge in [-0.2, -0.15) is 13.2 Å². The Bertz CT molecular complexity index is 1210. The molecule has 2 rings (SSSR count). The molecule has 0 heterocycles. The Morgan fingerprint density at radius 2 is 1.67 bits per heavy atom. The molecule has 13 heteroatoms. The number of nitrogens with zero attached hydrogens (tertiary/aromatic N) is 2. The number of rotatable bonds is 9. The smallest absolute Gasteiger partial charge is 0.352 e. The van der Waals surface area contributed by atoms with Crippen LogP contribution in [0, 0.1) is 0 Å². The number of carbonyl (C=O) groups is 2. The number of anilines is 1. The van der Waals surface area contributed by atoms with Crippen molar-refractivity contribution in [3.63, 3.8) is 0 Å². The first-order valence-corrected chi connectivity index (χ1v) is 13.7. The summed E-state index contributed by atoms with van der Waals surface area (Å²) in [7, 11) is -4.25. The molecule has 36 heavy (non-hydrogen) atoms. The van der Waals surface area contributed by atoms with Crippen LogP contribution in [0.25, 0.3) is 0 Å². The van der Waals surface area contributed by atoms with E-state index in [9.17, 15) is 31.2 Å². The molecule has 0 aliphatic carbocycles. The Balaban J connectivity index is 2.49. The van der Waals surface area contributed by atoms with Crippen molar-refractivity contribution in [2.45, 2.75) is 45.6 Å². The molecule has 0 saturated carbocycles. The highest BCUT2D eigenvalue weighted by atomic mass is 79.9. The Hall–Kier alpha value is -2.31. The Morgan fingerprint density at radius 1 is 1.08 bits per heavy atom. The van der Waals surface area contributed by atoms with Crippen LogP contribution in [0.4, 0.5) is 18.9 Å². The van der Waals surface area contributed by atoms with Crippen LogP contribution in [0.15, 0.2) is 46.9 Å². The molecule has 0 saturated heterocycles. The van der Waals surface area contributed by atoms with Crippen LogP contribution < -0.4 is 9.62 Å². The average Bonchev–Trinajstić information content (AvgIpc) is 2.75. The molecular formula is C23H26BrClF3N3O4S. The summed E-state index contributed by atoms with van der Waals surface area (Å²) in [4.78, 5) is 27.3. The lowest BCUT2D eigenvalue weighted by Crippen LogP contribution is -2.52. The summed E-state index contributed by atoms with van der Waals surface area (Å²) >= 11 is 9.37. The van der Waals surface area contributed by atoms with Crippen molar-refractivity contribution in [2.75, 3.05) is 17.1 Å². The van der Waals surface area contributed by atoms with E-state index in [1.54, 1.807) is 38.1 Å². The summed E-state index contributed by atoms with van der Waals surface area (Å²) in [6.45, 7) is 4.05. The van der Waals surface area contributed by atoms with Gasteiger partial charge < -0.3 is 10.2 Å². The summed E-state index contributed by atoms with van der Waals surface area (Å²) in [6, 6.07) is 7.88. The highest BCUT2D eigenvalue weighted by Crippen LogP contribution is 2.36. The maximum atomic E-state index is 13.4. The lowest BCUT2D eigenvalue weighted by molar-refractivity contribution is -0.139. The van der Waals surface area contributed by atoms with Gasteiger partial charge in [0.25, 0.3) is 0 Å². The fourth-order valence-corrected chi connectivity index (χ4v) is 4.64. The molecule has 0 fully saturated rings. The van der Waals surface area contributed by atoms with Gasteiger partial charge in [-0.1, -0.05) is 39.7 Å². The van der Waals surface area contributed by atoms with Crippen molar-refractivity contribution in [3.8, 4) is 0 Å². The van der Waals surface area contributed by atoms with E-state index >= 15 is 0 Å². The van der Waals surface area contributed by atoms with E-state index in [1.165, 1.54) is 11.8 Å². The van der Waals surface area contributed by atoms with E-state index in [-0.39, 0.29) is 17.6 Å². The topological polar surface area (TPSA) is 86.8 Å². The SMILES string of the molecule is CC(C)NC(=O)[C@H](C)N(Cc1ccc(Br)cc1)C(=O)CN(c1cc(C(F)(F)F)ccc1Cl)S(C)(=O)=O. The fraction of sp³-hybridized carbons (Fsp3) is 0.391. The number of benzene rings is 2. The van der Waals surface area contributed by atoms with E-state index in [4.69, 9.17) is 11.6 Å². The third kappa shape index (κ3) is 8.10. The zero-order chi connectivity index (χ0) is 27.4. The number of nitrogens with one attached hydrogen (secondary N) is 1. The van der Waals surface area contributed by atoms with Gasteiger partial charge in [-0.3, -0.25) is 13.9 Å². The van der Waals surface area contributed by atoms with E-state index < -0.39 is 51.9 Å². The highest BCUT2D eigenvalue weighted by Gasteiger charge is 2.34. The summed E-state index contributed by atoms with van der Waals surface area (Å²) < 4.78 is 66.3. The molecule has 1 atom stereocenters. The molecular weight excluding hydrogens is 587 g/mol. The zero-order valence-corrected chi connectivity index (χ0v) is 23.1. The summed E-state index contributed by atoms with van der Waals surface area (Å²) in [5.74, 6) is -1.28. The van der Waals surface area contributed by atoms with E-state index in [0.29, 0.717) is 22.0 Å². The van der Waals surface area contributed by atoms with Crippen molar-refractivity contribution >= 4 is 55.1 Å². The molecule has 2 amide bonds.